The Morgan fingerprint density at radius 2 is 1.83 bits per heavy atom. The monoisotopic (exact) mass is 411 g/mol. The average Bonchev–Trinajstić information content (AvgIpc) is 3.31. The van der Waals surface area contributed by atoms with Crippen LogP contribution in [-0.2, 0) is 19.1 Å². The molecule has 6 heteroatoms. The lowest BCUT2D eigenvalue weighted by atomic mass is 9.39. The van der Waals surface area contributed by atoms with Crippen molar-refractivity contribution < 1.29 is 24.2 Å². The number of nitriles is 1. The molecule has 1 heterocycles. The molecule has 1 spiro atoms. The summed E-state index contributed by atoms with van der Waals surface area (Å²) in [5.74, 6) is -1.52. The Morgan fingerprint density at radius 1 is 1.07 bits per heavy atom. The zero-order valence-electron chi connectivity index (χ0n) is 17.6. The third-order valence-corrected chi connectivity index (χ3v) is 11.0. The maximum Gasteiger partial charge on any atom is 0.306 e. The standard InChI is InChI=1S/C24H29NO5/c1-21-6-4-14(26)19-20(29)12(9-23(19,21)11-25)17-13-3-7-24(8-5-16(28)30-24)22(13,2)10-15(27)18(17)21/h12-13,15,17-19,27H,3-10H2,1-2H3/t12?,13?,15-,17?,18?,19+,21?,22?,23+,24-/m1/s1. The number of hydrogen-bond donors (Lipinski definition) is 1. The summed E-state index contributed by atoms with van der Waals surface area (Å²) in [6.07, 6.45) is 3.95. The van der Waals surface area contributed by atoms with E-state index in [-0.39, 0.29) is 46.6 Å². The van der Waals surface area contributed by atoms with Crippen molar-refractivity contribution >= 4 is 17.5 Å². The van der Waals surface area contributed by atoms with E-state index in [2.05, 4.69) is 19.9 Å². The fraction of sp³-hybridized carbons (Fsp3) is 0.833. The number of esters is 1. The lowest BCUT2D eigenvalue weighted by molar-refractivity contribution is -0.213. The highest BCUT2D eigenvalue weighted by Gasteiger charge is 2.79. The molecule has 10 atom stereocenters. The molecule has 0 aromatic heterocycles. The van der Waals surface area contributed by atoms with E-state index in [0.717, 1.165) is 12.8 Å². The van der Waals surface area contributed by atoms with Crippen molar-refractivity contribution in [2.75, 3.05) is 0 Å². The van der Waals surface area contributed by atoms with E-state index in [0.29, 0.717) is 38.5 Å². The summed E-state index contributed by atoms with van der Waals surface area (Å²) < 4.78 is 5.94. The fourth-order valence-corrected chi connectivity index (χ4v) is 9.73. The number of Topliss-reactive ketones (excluding diaryl/α,β-unsaturated/α-hetero) is 2. The second-order valence-electron chi connectivity index (χ2n) is 11.5. The molecule has 5 aliphatic carbocycles. The predicted octanol–water partition coefficient (Wildman–Crippen LogP) is 2.57. The molecule has 160 valence electrons. The molecular formula is C24H29NO5. The normalized spacial score (nSPS) is 58.4. The molecule has 1 saturated heterocycles. The third kappa shape index (κ3) is 1.74. The molecule has 0 radical (unpaired) electrons. The van der Waals surface area contributed by atoms with Gasteiger partial charge in [-0.2, -0.15) is 5.26 Å². The van der Waals surface area contributed by atoms with Crippen LogP contribution in [0.5, 0.6) is 0 Å². The van der Waals surface area contributed by atoms with Crippen molar-refractivity contribution in [2.24, 2.45) is 45.8 Å². The topological polar surface area (TPSA) is 104 Å². The van der Waals surface area contributed by atoms with E-state index < -0.39 is 28.5 Å². The van der Waals surface area contributed by atoms with Crippen LogP contribution in [0.3, 0.4) is 0 Å². The maximum atomic E-state index is 13.6. The van der Waals surface area contributed by atoms with Gasteiger partial charge in [-0.05, 0) is 61.7 Å². The fourth-order valence-electron chi connectivity index (χ4n) is 9.73. The number of hydrogen-bond acceptors (Lipinski definition) is 6. The minimum Gasteiger partial charge on any atom is -0.458 e. The smallest absolute Gasteiger partial charge is 0.306 e. The quantitative estimate of drug-likeness (QED) is 0.485. The Kier molecular flexibility index (Phi) is 3.39. The number of ketones is 2. The van der Waals surface area contributed by atoms with Gasteiger partial charge in [-0.1, -0.05) is 13.8 Å². The largest absolute Gasteiger partial charge is 0.458 e. The summed E-state index contributed by atoms with van der Waals surface area (Å²) >= 11 is 0. The van der Waals surface area contributed by atoms with E-state index in [1.165, 1.54) is 0 Å². The van der Waals surface area contributed by atoms with Gasteiger partial charge in [0.2, 0.25) is 0 Å². The molecule has 1 N–H and O–H groups in total. The van der Waals surface area contributed by atoms with Crippen molar-refractivity contribution in [3.05, 3.63) is 0 Å². The number of rotatable bonds is 0. The minimum absolute atomic E-state index is 0.0488. The van der Waals surface area contributed by atoms with Gasteiger partial charge in [0.1, 0.15) is 17.2 Å². The molecule has 30 heavy (non-hydrogen) atoms. The van der Waals surface area contributed by atoms with Crippen LogP contribution in [0, 0.1) is 57.2 Å². The number of ether oxygens (including phenoxy) is 1. The molecule has 5 saturated carbocycles. The van der Waals surface area contributed by atoms with E-state index >= 15 is 0 Å². The van der Waals surface area contributed by atoms with Crippen molar-refractivity contribution in [2.45, 2.75) is 76.9 Å². The lowest BCUT2D eigenvalue weighted by Gasteiger charge is -2.64. The van der Waals surface area contributed by atoms with E-state index in [9.17, 15) is 24.8 Å². The lowest BCUT2D eigenvalue weighted by Crippen LogP contribution is -2.65. The molecule has 1 aliphatic heterocycles. The summed E-state index contributed by atoms with van der Waals surface area (Å²) in [5, 5.41) is 21.9. The van der Waals surface area contributed by atoms with Crippen LogP contribution in [0.1, 0.15) is 65.2 Å². The molecule has 6 rings (SSSR count). The number of aliphatic hydroxyl groups excluding tert-OH is 1. The molecule has 6 nitrogen and oxygen atoms in total. The summed E-state index contributed by atoms with van der Waals surface area (Å²) in [6.45, 7) is 4.21. The molecule has 0 amide bonds. The molecule has 0 aromatic carbocycles. The van der Waals surface area contributed by atoms with Gasteiger partial charge in [-0.25, -0.2) is 0 Å². The molecule has 2 bridgehead atoms. The molecule has 6 aliphatic rings. The third-order valence-electron chi connectivity index (χ3n) is 11.0. The van der Waals surface area contributed by atoms with Crippen LogP contribution in [0.15, 0.2) is 0 Å². The van der Waals surface area contributed by atoms with Gasteiger partial charge >= 0.3 is 5.97 Å². The van der Waals surface area contributed by atoms with Gasteiger partial charge < -0.3 is 9.84 Å². The Morgan fingerprint density at radius 3 is 2.50 bits per heavy atom. The number of carbonyl (C=O) groups is 3. The van der Waals surface area contributed by atoms with Crippen LogP contribution in [0.25, 0.3) is 0 Å². The highest BCUT2D eigenvalue weighted by Crippen LogP contribution is 2.76. The number of nitrogens with zero attached hydrogens (tertiary/aromatic N) is 1. The first-order valence-corrected chi connectivity index (χ1v) is 11.5. The number of aliphatic hydroxyl groups is 1. The van der Waals surface area contributed by atoms with Crippen LogP contribution >= 0.6 is 0 Å². The van der Waals surface area contributed by atoms with Gasteiger partial charge in [0.15, 0.2) is 0 Å². The van der Waals surface area contributed by atoms with Crippen LogP contribution < -0.4 is 0 Å². The first-order valence-electron chi connectivity index (χ1n) is 11.5. The second-order valence-corrected chi connectivity index (χ2v) is 11.5. The summed E-state index contributed by atoms with van der Waals surface area (Å²) in [7, 11) is 0. The minimum atomic E-state index is -0.976. The van der Waals surface area contributed by atoms with Crippen LogP contribution in [-0.4, -0.2) is 34.3 Å². The number of carbonyl (C=O) groups excluding carboxylic acids is 3. The number of fused-ring (bicyclic) bond motifs is 7. The zero-order chi connectivity index (χ0) is 21.3. The van der Waals surface area contributed by atoms with Crippen molar-refractivity contribution in [1.29, 1.82) is 5.26 Å². The van der Waals surface area contributed by atoms with E-state index in [1.54, 1.807) is 0 Å². The molecule has 0 aromatic rings. The summed E-state index contributed by atoms with van der Waals surface area (Å²) in [5.41, 5.74) is -2.44. The maximum absolute atomic E-state index is 13.6. The Bertz CT molecular complexity index is 938. The Labute approximate surface area is 176 Å². The van der Waals surface area contributed by atoms with E-state index in [4.69, 9.17) is 4.74 Å². The van der Waals surface area contributed by atoms with Crippen molar-refractivity contribution in [3.8, 4) is 6.07 Å². The second kappa shape index (κ2) is 5.35. The molecule has 6 fully saturated rings. The molecular weight excluding hydrogens is 382 g/mol. The highest BCUT2D eigenvalue weighted by molar-refractivity contribution is 6.07. The predicted molar refractivity (Wildman–Crippen MR) is 103 cm³/mol. The van der Waals surface area contributed by atoms with Gasteiger partial charge in [-0.3, -0.25) is 14.4 Å². The zero-order valence-corrected chi connectivity index (χ0v) is 17.6. The van der Waals surface area contributed by atoms with Crippen molar-refractivity contribution in [3.63, 3.8) is 0 Å². The molecule has 6 unspecified atom stereocenters. The van der Waals surface area contributed by atoms with Crippen LogP contribution in [0.4, 0.5) is 0 Å². The van der Waals surface area contributed by atoms with Gasteiger partial charge in [-0.15, -0.1) is 0 Å². The van der Waals surface area contributed by atoms with Gasteiger partial charge in [0, 0.05) is 24.2 Å². The summed E-state index contributed by atoms with van der Waals surface area (Å²) in [4.78, 5) is 38.5. The first-order chi connectivity index (χ1) is 14.1. The van der Waals surface area contributed by atoms with Crippen LogP contribution in [0.2, 0.25) is 0 Å². The van der Waals surface area contributed by atoms with Crippen molar-refractivity contribution in [1.82, 2.24) is 0 Å². The highest BCUT2D eigenvalue weighted by atomic mass is 16.6. The summed E-state index contributed by atoms with van der Waals surface area (Å²) in [6, 6.07) is 2.47. The van der Waals surface area contributed by atoms with Gasteiger partial charge in [0.25, 0.3) is 0 Å². The van der Waals surface area contributed by atoms with E-state index in [1.807, 2.05) is 0 Å². The van der Waals surface area contributed by atoms with Gasteiger partial charge in [0.05, 0.1) is 23.5 Å². The Balaban J connectivity index is 1.52. The SMILES string of the molecule is CC12C[C@@H](O)C3C(C4C[C@]5(C#N)[C@@H](C(=O)CCC35C)C4=O)C1CC[C@@]21CCC(=O)O1. The Hall–Kier alpha value is -1.74. The average molecular weight is 411 g/mol. The first kappa shape index (κ1) is 19.0.